The van der Waals surface area contributed by atoms with Crippen LogP contribution in [0.1, 0.15) is 5.56 Å². The third-order valence-corrected chi connectivity index (χ3v) is 6.85. The molecule has 0 heterocycles. The summed E-state index contributed by atoms with van der Waals surface area (Å²) in [6.45, 7) is -0.951. The number of anilines is 2. The molecular formula is C23H20F3N3O7S. The molecule has 0 unspecified atom stereocenters. The number of rotatable bonds is 9. The number of nitro benzene ring substituents is 1. The third-order valence-electron chi connectivity index (χ3n) is 5.05. The lowest BCUT2D eigenvalue weighted by Gasteiger charge is -2.26. The number of halogens is 3. The van der Waals surface area contributed by atoms with Gasteiger partial charge in [-0.25, -0.2) is 8.42 Å². The molecule has 3 rings (SSSR count). The molecule has 3 aromatic rings. The summed E-state index contributed by atoms with van der Waals surface area (Å²) in [6.07, 6.45) is -4.67. The zero-order valence-corrected chi connectivity index (χ0v) is 20.2. The van der Waals surface area contributed by atoms with Gasteiger partial charge in [0.15, 0.2) is 4.90 Å². The van der Waals surface area contributed by atoms with Gasteiger partial charge in [-0.1, -0.05) is 18.2 Å². The van der Waals surface area contributed by atoms with Gasteiger partial charge in [0.05, 0.1) is 30.4 Å². The van der Waals surface area contributed by atoms with E-state index in [4.69, 9.17) is 9.47 Å². The number of sulfonamides is 1. The molecule has 37 heavy (non-hydrogen) atoms. The maximum atomic E-state index is 13.7. The summed E-state index contributed by atoms with van der Waals surface area (Å²) in [6, 6.07) is 12.3. The van der Waals surface area contributed by atoms with Gasteiger partial charge in [0.1, 0.15) is 18.0 Å². The van der Waals surface area contributed by atoms with Gasteiger partial charge < -0.3 is 14.8 Å². The summed E-state index contributed by atoms with van der Waals surface area (Å²) in [5.41, 5.74) is -2.16. The van der Waals surface area contributed by atoms with Crippen molar-refractivity contribution in [2.75, 3.05) is 30.4 Å². The summed E-state index contributed by atoms with van der Waals surface area (Å²) in [7, 11) is -2.18. The quantitative estimate of drug-likeness (QED) is 0.314. The van der Waals surface area contributed by atoms with Crippen molar-refractivity contribution in [1.82, 2.24) is 0 Å². The van der Waals surface area contributed by atoms with Crippen molar-refractivity contribution in [3.63, 3.8) is 0 Å². The van der Waals surface area contributed by atoms with Crippen LogP contribution in [0.15, 0.2) is 71.6 Å². The lowest BCUT2D eigenvalue weighted by atomic mass is 10.2. The Morgan fingerprint density at radius 2 is 1.73 bits per heavy atom. The molecule has 0 spiro atoms. The lowest BCUT2D eigenvalue weighted by molar-refractivity contribution is -0.387. The monoisotopic (exact) mass is 539 g/mol. The minimum Gasteiger partial charge on any atom is -0.497 e. The molecule has 14 heteroatoms. The van der Waals surface area contributed by atoms with Gasteiger partial charge in [-0.15, -0.1) is 0 Å². The molecule has 0 aromatic heterocycles. The summed E-state index contributed by atoms with van der Waals surface area (Å²) >= 11 is 0. The normalized spacial score (nSPS) is 11.5. The van der Waals surface area contributed by atoms with Crippen molar-refractivity contribution < 1.29 is 40.8 Å². The second-order valence-electron chi connectivity index (χ2n) is 7.40. The van der Waals surface area contributed by atoms with Gasteiger partial charge in [0.25, 0.3) is 15.7 Å². The predicted octanol–water partition coefficient (Wildman–Crippen LogP) is 4.46. The molecule has 1 N–H and O–H groups in total. The summed E-state index contributed by atoms with van der Waals surface area (Å²) < 4.78 is 77.4. The van der Waals surface area contributed by atoms with Crippen LogP contribution < -0.4 is 19.1 Å². The number of ether oxygens (including phenoxy) is 2. The molecule has 1 amide bonds. The van der Waals surface area contributed by atoms with Gasteiger partial charge >= 0.3 is 6.18 Å². The van der Waals surface area contributed by atoms with E-state index in [1.54, 1.807) is 0 Å². The van der Waals surface area contributed by atoms with Crippen LogP contribution in [-0.4, -0.2) is 40.0 Å². The largest absolute Gasteiger partial charge is 0.497 e. The standard InChI is InChI=1S/C23H20F3N3O7S/c1-35-17-10-11-18(20(13-17)36-2)28(37(33,34)21-9-4-3-8-19(21)29(31)32)14-22(30)27-16-7-5-6-15(12-16)23(24,25)26/h3-13H,14H2,1-2H3,(H,27,30). The number of nitrogens with one attached hydrogen (secondary N) is 1. The summed E-state index contributed by atoms with van der Waals surface area (Å²) in [5.74, 6) is -0.773. The number of carbonyl (C=O) groups excluding carboxylic acids is 1. The molecule has 196 valence electrons. The maximum Gasteiger partial charge on any atom is 0.416 e. The van der Waals surface area contributed by atoms with Crippen LogP contribution >= 0.6 is 0 Å². The van der Waals surface area contributed by atoms with E-state index in [2.05, 4.69) is 5.32 Å². The van der Waals surface area contributed by atoms with E-state index in [-0.39, 0.29) is 22.9 Å². The molecule has 0 atom stereocenters. The predicted molar refractivity (Wildman–Crippen MR) is 127 cm³/mol. The number of nitro groups is 1. The summed E-state index contributed by atoms with van der Waals surface area (Å²) in [4.78, 5) is 22.8. The first-order valence-electron chi connectivity index (χ1n) is 10.3. The van der Waals surface area contributed by atoms with Gasteiger partial charge in [-0.2, -0.15) is 13.2 Å². The van der Waals surface area contributed by atoms with Gasteiger partial charge in [-0.3, -0.25) is 19.2 Å². The zero-order chi connectivity index (χ0) is 27.4. The lowest BCUT2D eigenvalue weighted by Crippen LogP contribution is -2.38. The van der Waals surface area contributed by atoms with Crippen molar-refractivity contribution in [2.24, 2.45) is 0 Å². The molecule has 10 nitrogen and oxygen atoms in total. The van der Waals surface area contributed by atoms with Crippen molar-refractivity contribution in [1.29, 1.82) is 0 Å². The zero-order valence-electron chi connectivity index (χ0n) is 19.4. The fourth-order valence-electron chi connectivity index (χ4n) is 3.34. The van der Waals surface area contributed by atoms with Crippen LogP contribution in [0.5, 0.6) is 11.5 Å². The SMILES string of the molecule is COc1ccc(N(CC(=O)Nc2cccc(C(F)(F)F)c2)S(=O)(=O)c2ccccc2[N+](=O)[O-])c(OC)c1. The van der Waals surface area contributed by atoms with E-state index in [0.29, 0.717) is 10.4 Å². The van der Waals surface area contributed by atoms with E-state index in [1.807, 2.05) is 0 Å². The summed E-state index contributed by atoms with van der Waals surface area (Å²) in [5, 5.41) is 13.8. The van der Waals surface area contributed by atoms with Crippen LogP contribution in [0.2, 0.25) is 0 Å². The second-order valence-corrected chi connectivity index (χ2v) is 9.23. The molecule has 3 aromatic carbocycles. The van der Waals surface area contributed by atoms with E-state index in [0.717, 1.165) is 24.3 Å². The Bertz CT molecular complexity index is 1430. The fraction of sp³-hybridized carbons (Fsp3) is 0.174. The Hall–Kier alpha value is -4.33. The van der Waals surface area contributed by atoms with Crippen LogP contribution in [0.4, 0.5) is 30.2 Å². The van der Waals surface area contributed by atoms with Crippen molar-refractivity contribution >= 4 is 33.0 Å². The highest BCUT2D eigenvalue weighted by Gasteiger charge is 2.35. The molecule has 0 aliphatic heterocycles. The van der Waals surface area contributed by atoms with E-state index >= 15 is 0 Å². The van der Waals surface area contributed by atoms with Crippen LogP contribution in [0, 0.1) is 10.1 Å². The average molecular weight is 539 g/mol. The fourth-order valence-corrected chi connectivity index (χ4v) is 4.93. The number of para-hydroxylation sites is 1. The minimum atomic E-state index is -4.77. The Morgan fingerprint density at radius 3 is 2.35 bits per heavy atom. The van der Waals surface area contributed by atoms with Crippen LogP contribution in [0.25, 0.3) is 0 Å². The second kappa shape index (κ2) is 10.7. The topological polar surface area (TPSA) is 128 Å². The number of amides is 1. The smallest absolute Gasteiger partial charge is 0.416 e. The van der Waals surface area contributed by atoms with E-state index < -0.39 is 49.7 Å². The Kier molecular flexibility index (Phi) is 7.91. The Labute approximate surface area is 209 Å². The number of carbonyl (C=O) groups is 1. The first-order valence-corrected chi connectivity index (χ1v) is 11.8. The number of benzene rings is 3. The van der Waals surface area contributed by atoms with Gasteiger partial charge in [0, 0.05) is 17.8 Å². The van der Waals surface area contributed by atoms with Gasteiger partial charge in [-0.05, 0) is 36.4 Å². The highest BCUT2D eigenvalue weighted by atomic mass is 32.2. The molecule has 0 fully saturated rings. The molecule has 0 saturated carbocycles. The molecule has 0 radical (unpaired) electrons. The highest BCUT2D eigenvalue weighted by Crippen LogP contribution is 2.37. The molecule has 0 aliphatic carbocycles. The van der Waals surface area contributed by atoms with E-state index in [1.165, 1.54) is 50.6 Å². The van der Waals surface area contributed by atoms with Crippen molar-refractivity contribution in [3.05, 3.63) is 82.4 Å². The number of hydrogen-bond acceptors (Lipinski definition) is 7. The Morgan fingerprint density at radius 1 is 1.03 bits per heavy atom. The molecular weight excluding hydrogens is 519 g/mol. The van der Waals surface area contributed by atoms with Crippen LogP contribution in [0.3, 0.4) is 0 Å². The van der Waals surface area contributed by atoms with E-state index in [9.17, 15) is 36.5 Å². The first-order chi connectivity index (χ1) is 17.4. The molecule has 0 bridgehead atoms. The van der Waals surface area contributed by atoms with Crippen molar-refractivity contribution in [2.45, 2.75) is 11.1 Å². The number of hydrogen-bond donors (Lipinski definition) is 1. The molecule has 0 aliphatic rings. The average Bonchev–Trinajstić information content (AvgIpc) is 2.86. The first kappa shape index (κ1) is 27.3. The Balaban J connectivity index is 2.08. The minimum absolute atomic E-state index is 0.0478. The third kappa shape index (κ3) is 6.09. The maximum absolute atomic E-state index is 13.7. The highest BCUT2D eigenvalue weighted by molar-refractivity contribution is 7.93. The van der Waals surface area contributed by atoms with Gasteiger partial charge in [0.2, 0.25) is 5.91 Å². The number of nitrogens with zero attached hydrogens (tertiary/aromatic N) is 2. The molecule has 0 saturated heterocycles. The number of methoxy groups -OCH3 is 2. The van der Waals surface area contributed by atoms with Crippen molar-refractivity contribution in [3.8, 4) is 11.5 Å². The van der Waals surface area contributed by atoms with Crippen LogP contribution in [-0.2, 0) is 21.0 Å². The number of alkyl halides is 3.